The topological polar surface area (TPSA) is 50.7 Å². The third-order valence-electron chi connectivity index (χ3n) is 6.79. The summed E-state index contributed by atoms with van der Waals surface area (Å²) in [5, 5.41) is 14.1. The van der Waals surface area contributed by atoms with Gasteiger partial charge in [-0.25, -0.2) is 4.39 Å². The highest BCUT2D eigenvalue weighted by Crippen LogP contribution is 2.53. The van der Waals surface area contributed by atoms with Gasteiger partial charge in [0.15, 0.2) is 11.5 Å². The minimum absolute atomic E-state index is 0.0813. The van der Waals surface area contributed by atoms with Gasteiger partial charge >= 0.3 is 0 Å². The number of rotatable bonds is 4. The number of aromatic hydroxyl groups is 1. The van der Waals surface area contributed by atoms with Crippen molar-refractivity contribution in [2.75, 3.05) is 12.4 Å². The molecule has 0 fully saturated rings. The lowest BCUT2D eigenvalue weighted by molar-refractivity contribution is 0.371. The first kappa shape index (κ1) is 28.5. The lowest BCUT2D eigenvalue weighted by Gasteiger charge is -2.35. The number of anilines is 1. The van der Waals surface area contributed by atoms with Crippen molar-refractivity contribution >= 4 is 17.0 Å². The molecule has 2 aliphatic rings. The number of hydrogen-bond donors (Lipinski definition) is 2. The van der Waals surface area contributed by atoms with Crippen molar-refractivity contribution < 1.29 is 19.0 Å². The van der Waals surface area contributed by atoms with Crippen molar-refractivity contribution in [3.05, 3.63) is 120 Å². The zero-order valence-electron chi connectivity index (χ0n) is 23.9. The molecule has 4 nitrogen and oxygen atoms in total. The van der Waals surface area contributed by atoms with E-state index in [0.717, 1.165) is 50.4 Å². The lowest BCUT2D eigenvalue weighted by atomic mass is 9.82. The zero-order chi connectivity index (χ0) is 29.0. The summed E-state index contributed by atoms with van der Waals surface area (Å²) in [7, 11) is 1.56. The van der Waals surface area contributed by atoms with Gasteiger partial charge in [-0.3, -0.25) is 0 Å². The van der Waals surface area contributed by atoms with Gasteiger partial charge in [0, 0.05) is 22.4 Å². The van der Waals surface area contributed by atoms with Crippen molar-refractivity contribution in [1.29, 1.82) is 0 Å². The third-order valence-corrected chi connectivity index (χ3v) is 6.79. The molecular weight excluding hydrogens is 501 g/mol. The maximum Gasteiger partial charge on any atom is 0.172 e. The number of benzene rings is 3. The molecular formula is C35H36FNO3. The summed E-state index contributed by atoms with van der Waals surface area (Å²) < 4.78 is 24.0. The number of nitrogens with one attached hydrogen (secondary N) is 1. The van der Waals surface area contributed by atoms with Crippen LogP contribution < -0.4 is 14.8 Å². The summed E-state index contributed by atoms with van der Waals surface area (Å²) in [6, 6.07) is 15.5. The van der Waals surface area contributed by atoms with E-state index in [1.54, 1.807) is 37.4 Å². The van der Waals surface area contributed by atoms with E-state index in [9.17, 15) is 9.50 Å². The molecule has 206 valence electrons. The van der Waals surface area contributed by atoms with Gasteiger partial charge in [-0.15, -0.1) is 0 Å². The smallest absolute Gasteiger partial charge is 0.172 e. The van der Waals surface area contributed by atoms with Crippen LogP contribution in [0.4, 0.5) is 10.1 Å². The molecule has 0 atom stereocenters. The first-order valence-electron chi connectivity index (χ1n) is 13.2. The number of phenols is 1. The molecule has 0 aliphatic carbocycles. The Bertz CT molecular complexity index is 1560. The van der Waals surface area contributed by atoms with Crippen LogP contribution in [0.15, 0.2) is 103 Å². The maximum atomic E-state index is 11.9. The summed E-state index contributed by atoms with van der Waals surface area (Å²) >= 11 is 0. The zero-order valence-corrected chi connectivity index (χ0v) is 23.9. The minimum Gasteiger partial charge on any atom is -0.504 e. The van der Waals surface area contributed by atoms with Crippen molar-refractivity contribution in [3.63, 3.8) is 0 Å². The Morgan fingerprint density at radius 3 is 2.38 bits per heavy atom. The number of fused-ring (bicyclic) bond motifs is 5. The molecule has 0 spiro atoms. The van der Waals surface area contributed by atoms with Crippen LogP contribution in [-0.2, 0) is 0 Å². The molecule has 2 N–H and O–H groups in total. The van der Waals surface area contributed by atoms with Gasteiger partial charge in [0.25, 0.3) is 0 Å². The predicted octanol–water partition coefficient (Wildman–Crippen LogP) is 9.31. The molecule has 0 aromatic heterocycles. The molecule has 5 rings (SSSR count). The van der Waals surface area contributed by atoms with Crippen LogP contribution in [0.5, 0.6) is 17.2 Å². The second kappa shape index (κ2) is 11.7. The first-order valence-corrected chi connectivity index (χ1v) is 13.2. The Balaban J connectivity index is 0.000000461. The van der Waals surface area contributed by atoms with Gasteiger partial charge in [-0.05, 0) is 82.2 Å². The van der Waals surface area contributed by atoms with Gasteiger partial charge in [-0.1, -0.05) is 60.7 Å². The second-order valence-corrected chi connectivity index (χ2v) is 10.4. The molecule has 0 saturated heterocycles. The van der Waals surface area contributed by atoms with Crippen LogP contribution >= 0.6 is 0 Å². The summed E-state index contributed by atoms with van der Waals surface area (Å²) in [4.78, 5) is 0. The predicted molar refractivity (Wildman–Crippen MR) is 164 cm³/mol. The molecule has 2 heterocycles. The van der Waals surface area contributed by atoms with E-state index < -0.39 is 0 Å². The van der Waals surface area contributed by atoms with Crippen LogP contribution in [-0.4, -0.2) is 17.8 Å². The molecule has 3 aromatic rings. The number of ether oxygens (including phenoxy) is 2. The first-order chi connectivity index (χ1) is 19.1. The molecule has 2 aliphatic heterocycles. The Morgan fingerprint density at radius 2 is 1.77 bits per heavy atom. The molecule has 40 heavy (non-hydrogen) atoms. The fraction of sp³-hybridized carbons (Fsp3) is 0.200. The summed E-state index contributed by atoms with van der Waals surface area (Å²) in [5.74, 6) is 1.68. The van der Waals surface area contributed by atoms with E-state index >= 15 is 0 Å². The van der Waals surface area contributed by atoms with E-state index in [-0.39, 0.29) is 17.1 Å². The number of allylic oxidation sites excluding steroid dienone is 7. The number of methoxy groups -OCH3 is 1. The van der Waals surface area contributed by atoms with Crippen LogP contribution in [0.25, 0.3) is 22.5 Å². The van der Waals surface area contributed by atoms with Gasteiger partial charge < -0.3 is 19.9 Å². The third kappa shape index (κ3) is 5.89. The molecule has 0 unspecified atom stereocenters. The van der Waals surface area contributed by atoms with Crippen LogP contribution in [0.2, 0.25) is 0 Å². The SMILES string of the molecule is C=CC(/C=C1\Oc2ccc(O)c(OC)c2-c2ccc3c(c21)C(C)=CC(C)(C)N3)=C\C(C)=C/C.Fc1ccccc1. The summed E-state index contributed by atoms with van der Waals surface area (Å²) in [6.07, 6.45) is 10.2. The molecule has 0 radical (unpaired) electrons. The minimum atomic E-state index is -0.178. The van der Waals surface area contributed by atoms with Gasteiger partial charge in [0.2, 0.25) is 0 Å². The number of phenolic OH excluding ortho intramolecular Hbond substituents is 1. The average molecular weight is 538 g/mol. The van der Waals surface area contributed by atoms with Crippen LogP contribution in [0.1, 0.15) is 45.7 Å². The quantitative estimate of drug-likeness (QED) is 0.326. The second-order valence-electron chi connectivity index (χ2n) is 10.4. The monoisotopic (exact) mass is 537 g/mol. The normalized spacial score (nSPS) is 16.2. The Morgan fingerprint density at radius 1 is 1.05 bits per heavy atom. The Kier molecular flexibility index (Phi) is 8.34. The van der Waals surface area contributed by atoms with E-state index in [0.29, 0.717) is 11.5 Å². The molecule has 0 bridgehead atoms. The highest BCUT2D eigenvalue weighted by atomic mass is 19.1. The number of halogens is 1. The van der Waals surface area contributed by atoms with Gasteiger partial charge in [0.05, 0.1) is 18.2 Å². The van der Waals surface area contributed by atoms with Crippen molar-refractivity contribution in [2.24, 2.45) is 0 Å². The number of hydrogen-bond acceptors (Lipinski definition) is 4. The molecule has 0 saturated carbocycles. The van der Waals surface area contributed by atoms with Crippen LogP contribution in [0.3, 0.4) is 0 Å². The van der Waals surface area contributed by atoms with E-state index in [4.69, 9.17) is 9.47 Å². The largest absolute Gasteiger partial charge is 0.504 e. The van der Waals surface area contributed by atoms with E-state index in [1.165, 1.54) is 12.1 Å². The van der Waals surface area contributed by atoms with Gasteiger partial charge in [0.1, 0.15) is 17.3 Å². The van der Waals surface area contributed by atoms with Crippen molar-refractivity contribution in [3.8, 4) is 28.4 Å². The Hall–Kier alpha value is -4.51. The highest BCUT2D eigenvalue weighted by Gasteiger charge is 2.33. The fourth-order valence-electron chi connectivity index (χ4n) is 5.02. The lowest BCUT2D eigenvalue weighted by Crippen LogP contribution is -2.32. The van der Waals surface area contributed by atoms with Crippen molar-refractivity contribution in [2.45, 2.75) is 40.2 Å². The standard InChI is InChI=1S/C29H31NO3.C6H5F/c1-8-17(3)14-19(9-2)15-24-26-20(27-23(33-24)13-12-22(31)28(27)32-7)10-11-21-25(26)18(4)16-29(5,6)30-21;7-6-4-2-1-3-5-6/h8-16,30-31H,2H2,1,3-7H3;1-5H/b17-8-,19-14+,24-15-;. The highest BCUT2D eigenvalue weighted by molar-refractivity contribution is 5.99. The fourth-order valence-corrected chi connectivity index (χ4v) is 5.02. The van der Waals surface area contributed by atoms with E-state index in [2.05, 4.69) is 70.0 Å². The maximum absolute atomic E-state index is 11.9. The molecule has 0 amide bonds. The van der Waals surface area contributed by atoms with E-state index in [1.807, 2.05) is 19.1 Å². The van der Waals surface area contributed by atoms with Gasteiger partial charge in [-0.2, -0.15) is 0 Å². The van der Waals surface area contributed by atoms with Crippen molar-refractivity contribution in [1.82, 2.24) is 0 Å². The summed E-state index contributed by atoms with van der Waals surface area (Å²) in [5.41, 5.74) is 7.89. The Labute approximate surface area is 236 Å². The molecule has 5 heteroatoms. The summed E-state index contributed by atoms with van der Waals surface area (Å²) in [6.45, 7) is 14.5. The average Bonchev–Trinajstić information content (AvgIpc) is 2.92. The molecule has 3 aromatic carbocycles. The van der Waals surface area contributed by atoms with Crippen LogP contribution in [0, 0.1) is 5.82 Å².